The van der Waals surface area contributed by atoms with Crippen LogP contribution in [-0.2, 0) is 15.1 Å². The van der Waals surface area contributed by atoms with Gasteiger partial charge in [-0.3, -0.25) is 14.5 Å². The minimum Gasteiger partial charge on any atom is -0.334 e. The molecule has 7 heteroatoms. The largest absolute Gasteiger partial charge is 0.334 e. The van der Waals surface area contributed by atoms with Gasteiger partial charge in [0, 0.05) is 6.54 Å². The van der Waals surface area contributed by atoms with Crippen LogP contribution in [0.2, 0.25) is 0 Å². The maximum Gasteiger partial charge on any atom is 0.325 e. The molecule has 2 heterocycles. The molecule has 0 unspecified atom stereocenters. The van der Waals surface area contributed by atoms with E-state index in [-0.39, 0.29) is 18.5 Å². The standard InChI is InChI=1S/C22H22FN3O3/c1-22(16-9-11-17(23)12-10-16)20(28)26(21(29)24-22)14-19(27)25-13-5-8-18(25)15-6-3-2-4-7-15/h2-4,6-7,9-12,18H,5,8,13-14H2,1H3,(H,24,29)/t18-,22-/m0/s1. The summed E-state index contributed by atoms with van der Waals surface area (Å²) in [6.45, 7) is 1.84. The number of imide groups is 1. The Labute approximate surface area is 168 Å². The number of hydrogen-bond acceptors (Lipinski definition) is 3. The number of amides is 4. The Hall–Kier alpha value is -3.22. The summed E-state index contributed by atoms with van der Waals surface area (Å²) in [7, 11) is 0. The third kappa shape index (κ3) is 3.37. The first kappa shape index (κ1) is 19.1. The number of halogens is 1. The van der Waals surface area contributed by atoms with E-state index in [1.807, 2.05) is 30.3 Å². The molecule has 2 fully saturated rings. The Morgan fingerprint density at radius 2 is 1.83 bits per heavy atom. The predicted molar refractivity (Wildman–Crippen MR) is 104 cm³/mol. The second-order valence-corrected chi connectivity index (χ2v) is 7.61. The van der Waals surface area contributed by atoms with Crippen molar-refractivity contribution in [2.24, 2.45) is 0 Å². The minimum absolute atomic E-state index is 0.0482. The zero-order valence-corrected chi connectivity index (χ0v) is 16.1. The van der Waals surface area contributed by atoms with E-state index >= 15 is 0 Å². The molecule has 2 saturated heterocycles. The fourth-order valence-corrected chi connectivity index (χ4v) is 4.13. The third-order valence-corrected chi connectivity index (χ3v) is 5.75. The number of likely N-dealkylation sites (tertiary alicyclic amines) is 1. The summed E-state index contributed by atoms with van der Waals surface area (Å²) < 4.78 is 13.2. The molecule has 2 atom stereocenters. The Morgan fingerprint density at radius 1 is 1.14 bits per heavy atom. The maximum absolute atomic E-state index is 13.2. The summed E-state index contributed by atoms with van der Waals surface area (Å²) in [5, 5.41) is 2.65. The highest BCUT2D eigenvalue weighted by Gasteiger charge is 2.50. The molecule has 2 aliphatic heterocycles. The van der Waals surface area contributed by atoms with Gasteiger partial charge >= 0.3 is 6.03 Å². The first-order valence-electron chi connectivity index (χ1n) is 9.65. The summed E-state index contributed by atoms with van der Waals surface area (Å²) in [5.74, 6) is -1.21. The van der Waals surface area contributed by atoms with Gasteiger partial charge in [0.2, 0.25) is 5.91 Å². The fourth-order valence-electron chi connectivity index (χ4n) is 4.13. The van der Waals surface area contributed by atoms with Crippen LogP contribution in [0, 0.1) is 5.82 Å². The molecule has 2 aromatic carbocycles. The van der Waals surface area contributed by atoms with E-state index in [1.165, 1.54) is 24.3 Å². The molecule has 2 aromatic rings. The topological polar surface area (TPSA) is 69.7 Å². The molecule has 4 rings (SSSR count). The monoisotopic (exact) mass is 395 g/mol. The quantitative estimate of drug-likeness (QED) is 0.810. The van der Waals surface area contributed by atoms with Crippen LogP contribution in [0.3, 0.4) is 0 Å². The van der Waals surface area contributed by atoms with Crippen molar-refractivity contribution in [3.63, 3.8) is 0 Å². The molecule has 0 radical (unpaired) electrons. The highest BCUT2D eigenvalue weighted by molar-refractivity contribution is 6.09. The van der Waals surface area contributed by atoms with Crippen molar-refractivity contribution in [1.82, 2.24) is 15.1 Å². The SMILES string of the molecule is C[C@@]1(c2ccc(F)cc2)NC(=O)N(CC(=O)N2CCC[C@H]2c2ccccc2)C1=O. The highest BCUT2D eigenvalue weighted by Crippen LogP contribution is 2.33. The van der Waals surface area contributed by atoms with Crippen LogP contribution in [-0.4, -0.2) is 40.7 Å². The van der Waals surface area contributed by atoms with Crippen LogP contribution < -0.4 is 5.32 Å². The molecule has 2 aliphatic rings. The molecule has 0 aliphatic carbocycles. The summed E-state index contributed by atoms with van der Waals surface area (Å²) >= 11 is 0. The van der Waals surface area contributed by atoms with Crippen molar-refractivity contribution in [1.29, 1.82) is 0 Å². The molecular formula is C22H22FN3O3. The molecule has 4 amide bonds. The van der Waals surface area contributed by atoms with Crippen LogP contribution in [0.5, 0.6) is 0 Å². The molecule has 0 aromatic heterocycles. The van der Waals surface area contributed by atoms with E-state index in [0.29, 0.717) is 12.1 Å². The molecule has 1 N–H and O–H groups in total. The second-order valence-electron chi connectivity index (χ2n) is 7.61. The Bertz CT molecular complexity index is 948. The lowest BCUT2D eigenvalue weighted by atomic mass is 9.92. The maximum atomic E-state index is 13.2. The Morgan fingerprint density at radius 3 is 2.52 bits per heavy atom. The summed E-state index contributed by atoms with van der Waals surface area (Å²) in [5.41, 5.74) is 0.191. The lowest BCUT2D eigenvalue weighted by Crippen LogP contribution is -2.44. The number of rotatable bonds is 4. The van der Waals surface area contributed by atoms with Gasteiger partial charge in [0.1, 0.15) is 17.9 Å². The number of benzene rings is 2. The molecule has 6 nitrogen and oxygen atoms in total. The van der Waals surface area contributed by atoms with Crippen molar-refractivity contribution in [3.05, 3.63) is 71.5 Å². The Balaban J connectivity index is 1.52. The summed E-state index contributed by atoms with van der Waals surface area (Å²) in [6.07, 6.45) is 1.72. The van der Waals surface area contributed by atoms with E-state index in [2.05, 4.69) is 5.32 Å². The third-order valence-electron chi connectivity index (χ3n) is 5.75. The van der Waals surface area contributed by atoms with Gasteiger partial charge in [-0.25, -0.2) is 9.18 Å². The van der Waals surface area contributed by atoms with Crippen molar-refractivity contribution in [3.8, 4) is 0 Å². The lowest BCUT2D eigenvalue weighted by Gasteiger charge is -2.27. The van der Waals surface area contributed by atoms with Gasteiger partial charge in [-0.05, 0) is 43.0 Å². The number of hydrogen-bond donors (Lipinski definition) is 1. The average molecular weight is 395 g/mol. The van der Waals surface area contributed by atoms with Gasteiger partial charge in [0.15, 0.2) is 0 Å². The first-order chi connectivity index (χ1) is 13.9. The summed E-state index contributed by atoms with van der Waals surface area (Å²) in [4.78, 5) is 41.2. The summed E-state index contributed by atoms with van der Waals surface area (Å²) in [6, 6.07) is 14.5. The van der Waals surface area contributed by atoms with E-state index in [4.69, 9.17) is 0 Å². The number of carbonyl (C=O) groups excluding carboxylic acids is 3. The molecule has 150 valence electrons. The van der Waals surface area contributed by atoms with E-state index in [1.54, 1.807) is 11.8 Å². The minimum atomic E-state index is -1.32. The fraction of sp³-hybridized carbons (Fsp3) is 0.318. The second kappa shape index (κ2) is 7.31. The number of urea groups is 1. The molecular weight excluding hydrogens is 373 g/mol. The number of nitrogens with one attached hydrogen (secondary N) is 1. The van der Waals surface area contributed by atoms with Crippen molar-refractivity contribution < 1.29 is 18.8 Å². The smallest absolute Gasteiger partial charge is 0.325 e. The van der Waals surface area contributed by atoms with Crippen LogP contribution in [0.1, 0.15) is 36.9 Å². The van der Waals surface area contributed by atoms with Gasteiger partial charge in [0.05, 0.1) is 6.04 Å². The van der Waals surface area contributed by atoms with E-state index < -0.39 is 23.3 Å². The molecule has 29 heavy (non-hydrogen) atoms. The normalized spacial score (nSPS) is 24.1. The predicted octanol–water partition coefficient (Wildman–Crippen LogP) is 2.96. The van der Waals surface area contributed by atoms with E-state index in [9.17, 15) is 18.8 Å². The van der Waals surface area contributed by atoms with Gasteiger partial charge in [-0.15, -0.1) is 0 Å². The van der Waals surface area contributed by atoms with Gasteiger partial charge < -0.3 is 10.2 Å². The first-order valence-corrected chi connectivity index (χ1v) is 9.65. The van der Waals surface area contributed by atoms with Crippen molar-refractivity contribution >= 4 is 17.8 Å². The molecule has 0 bridgehead atoms. The number of nitrogens with zero attached hydrogens (tertiary/aromatic N) is 2. The zero-order valence-electron chi connectivity index (χ0n) is 16.1. The Kier molecular flexibility index (Phi) is 4.82. The van der Waals surface area contributed by atoms with Crippen LogP contribution in [0.4, 0.5) is 9.18 Å². The highest BCUT2D eigenvalue weighted by atomic mass is 19.1. The molecule has 0 saturated carbocycles. The van der Waals surface area contributed by atoms with Crippen LogP contribution in [0.15, 0.2) is 54.6 Å². The van der Waals surface area contributed by atoms with Crippen molar-refractivity contribution in [2.45, 2.75) is 31.3 Å². The van der Waals surface area contributed by atoms with Crippen LogP contribution in [0.25, 0.3) is 0 Å². The van der Waals surface area contributed by atoms with Gasteiger partial charge in [-0.2, -0.15) is 0 Å². The van der Waals surface area contributed by atoms with Crippen LogP contribution >= 0.6 is 0 Å². The number of carbonyl (C=O) groups is 3. The van der Waals surface area contributed by atoms with E-state index in [0.717, 1.165) is 23.3 Å². The van der Waals surface area contributed by atoms with Gasteiger partial charge in [-0.1, -0.05) is 42.5 Å². The lowest BCUT2D eigenvalue weighted by molar-refractivity contribution is -0.139. The zero-order chi connectivity index (χ0) is 20.6. The van der Waals surface area contributed by atoms with Crippen molar-refractivity contribution in [2.75, 3.05) is 13.1 Å². The molecule has 0 spiro atoms. The average Bonchev–Trinajstić information content (AvgIpc) is 3.29. The van der Waals surface area contributed by atoms with Gasteiger partial charge in [0.25, 0.3) is 5.91 Å².